The number of carbonyl (C=O) groups is 1. The predicted molar refractivity (Wildman–Crippen MR) is 221 cm³/mol. The van der Waals surface area contributed by atoms with E-state index in [0.29, 0.717) is 6.42 Å². The molecular weight excluding hydrogens is 655 g/mol. The molecule has 0 aliphatic rings. The van der Waals surface area contributed by atoms with Crippen LogP contribution in [-0.4, -0.2) is 41.9 Å². The molecule has 7 heteroatoms. The average Bonchev–Trinajstić information content (AvgIpc) is 3.09. The first kappa shape index (κ1) is 49.6. The second-order valence-electron chi connectivity index (χ2n) is 15.0. The van der Waals surface area contributed by atoms with Gasteiger partial charge in [-0.3, -0.25) is 9.35 Å². The highest BCUT2D eigenvalue weighted by Crippen LogP contribution is 2.14. The van der Waals surface area contributed by atoms with Gasteiger partial charge in [-0.1, -0.05) is 192 Å². The van der Waals surface area contributed by atoms with Crippen molar-refractivity contribution in [3.8, 4) is 0 Å². The molecule has 300 valence electrons. The molecule has 0 radical (unpaired) electrons. The Balaban J connectivity index is 3.94. The molecule has 0 heterocycles. The zero-order valence-corrected chi connectivity index (χ0v) is 34.3. The van der Waals surface area contributed by atoms with Gasteiger partial charge in [0.1, 0.15) is 0 Å². The largest absolute Gasteiger partial charge is 0.387 e. The molecule has 51 heavy (non-hydrogen) atoms. The van der Waals surface area contributed by atoms with Gasteiger partial charge in [-0.2, -0.15) is 8.42 Å². The summed E-state index contributed by atoms with van der Waals surface area (Å²) in [6.45, 7) is 4.53. The van der Waals surface area contributed by atoms with Crippen LogP contribution in [0.1, 0.15) is 219 Å². The maximum absolute atomic E-state index is 12.5. The normalized spacial score (nSPS) is 13.6. The monoisotopic (exact) mass is 738 g/mol. The highest BCUT2D eigenvalue weighted by atomic mass is 32.2. The second kappa shape index (κ2) is 38.3. The molecule has 0 aliphatic carbocycles. The number of hydrogen-bond acceptors (Lipinski definition) is 4. The Kier molecular flexibility index (Phi) is 37.2. The highest BCUT2D eigenvalue weighted by molar-refractivity contribution is 7.85. The molecule has 0 saturated carbocycles. The Hall–Kier alpha value is -1.44. The minimum Gasteiger partial charge on any atom is -0.387 e. The van der Waals surface area contributed by atoms with Gasteiger partial charge < -0.3 is 10.4 Å². The van der Waals surface area contributed by atoms with Crippen molar-refractivity contribution < 1.29 is 22.9 Å². The van der Waals surface area contributed by atoms with Crippen LogP contribution in [0.3, 0.4) is 0 Å². The summed E-state index contributed by atoms with van der Waals surface area (Å²) in [7, 11) is -4.35. The van der Waals surface area contributed by atoms with Gasteiger partial charge in [-0.25, -0.2) is 0 Å². The molecule has 2 unspecified atom stereocenters. The summed E-state index contributed by atoms with van der Waals surface area (Å²) < 4.78 is 32.5. The molecule has 2 atom stereocenters. The summed E-state index contributed by atoms with van der Waals surface area (Å²) in [6.07, 6.45) is 49.9. The Morgan fingerprint density at radius 1 is 0.510 bits per heavy atom. The number of allylic oxidation sites excluding steroid dienone is 5. The van der Waals surface area contributed by atoms with E-state index >= 15 is 0 Å². The van der Waals surface area contributed by atoms with Crippen LogP contribution in [-0.2, 0) is 14.9 Å². The van der Waals surface area contributed by atoms with Crippen molar-refractivity contribution in [3.63, 3.8) is 0 Å². The fraction of sp³-hybridized carbons (Fsp3) is 0.841. The lowest BCUT2D eigenvalue weighted by atomic mass is 10.0. The number of rotatable bonds is 39. The smallest absolute Gasteiger partial charge is 0.267 e. The quantitative estimate of drug-likeness (QED) is 0.0331. The average molecular weight is 738 g/mol. The SMILES string of the molecule is CCCCCCCCC/C=C\CCCCCCCCCC(=O)NC(CS(=O)(=O)O)C(O)/C=C/CC/C=C/CCCCCCCCCCCCCC. The second-order valence-corrected chi connectivity index (χ2v) is 16.5. The van der Waals surface area contributed by atoms with Gasteiger partial charge in [0.25, 0.3) is 10.1 Å². The fourth-order valence-corrected chi connectivity index (χ4v) is 7.25. The van der Waals surface area contributed by atoms with Crippen molar-refractivity contribution in [3.05, 3.63) is 36.5 Å². The highest BCUT2D eigenvalue weighted by Gasteiger charge is 2.24. The summed E-state index contributed by atoms with van der Waals surface area (Å²) >= 11 is 0. The van der Waals surface area contributed by atoms with Crippen LogP contribution >= 0.6 is 0 Å². The molecule has 0 aliphatic heterocycles. The van der Waals surface area contributed by atoms with Crippen LogP contribution in [0.15, 0.2) is 36.5 Å². The predicted octanol–water partition coefficient (Wildman–Crippen LogP) is 12.9. The number of aliphatic hydroxyl groups excluding tert-OH is 1. The molecule has 3 N–H and O–H groups in total. The number of amides is 1. The van der Waals surface area contributed by atoms with Crippen molar-refractivity contribution >= 4 is 16.0 Å². The third-order valence-corrected chi connectivity index (χ3v) is 10.6. The van der Waals surface area contributed by atoms with E-state index in [2.05, 4.69) is 43.5 Å². The van der Waals surface area contributed by atoms with E-state index in [4.69, 9.17) is 0 Å². The summed E-state index contributed by atoms with van der Waals surface area (Å²) in [5.41, 5.74) is 0. The number of carbonyl (C=O) groups excluding carboxylic acids is 1. The summed E-state index contributed by atoms with van der Waals surface area (Å²) in [5.74, 6) is -1.00. The zero-order chi connectivity index (χ0) is 37.5. The van der Waals surface area contributed by atoms with Crippen LogP contribution in [0.2, 0.25) is 0 Å². The molecule has 6 nitrogen and oxygen atoms in total. The van der Waals surface area contributed by atoms with Gasteiger partial charge in [0, 0.05) is 6.42 Å². The molecule has 0 aromatic rings. The number of aliphatic hydroxyl groups is 1. The first-order valence-electron chi connectivity index (χ1n) is 21.7. The van der Waals surface area contributed by atoms with Crippen molar-refractivity contribution in [1.82, 2.24) is 5.32 Å². The third-order valence-electron chi connectivity index (χ3n) is 9.79. The van der Waals surface area contributed by atoms with Gasteiger partial charge in [0.15, 0.2) is 0 Å². The van der Waals surface area contributed by atoms with E-state index in [1.54, 1.807) is 0 Å². The van der Waals surface area contributed by atoms with Gasteiger partial charge >= 0.3 is 0 Å². The van der Waals surface area contributed by atoms with Crippen molar-refractivity contribution in [1.29, 1.82) is 0 Å². The Morgan fingerprint density at radius 3 is 1.24 bits per heavy atom. The van der Waals surface area contributed by atoms with E-state index < -0.39 is 28.0 Å². The van der Waals surface area contributed by atoms with E-state index in [9.17, 15) is 22.9 Å². The third kappa shape index (κ3) is 39.6. The van der Waals surface area contributed by atoms with E-state index in [0.717, 1.165) is 38.5 Å². The van der Waals surface area contributed by atoms with Crippen LogP contribution in [0.25, 0.3) is 0 Å². The van der Waals surface area contributed by atoms with Crippen LogP contribution in [0, 0.1) is 0 Å². The zero-order valence-electron chi connectivity index (χ0n) is 33.5. The molecule has 1 amide bonds. The number of unbranched alkanes of at least 4 members (excludes halogenated alkanes) is 27. The standard InChI is InChI=1S/C44H83NO5S/c1-3-5-7-9-11-13-15-17-19-21-23-25-27-29-31-33-35-37-39-43(46)42(41-51(48,49)50)45-44(47)40-38-36-34-32-30-28-26-24-22-20-18-16-14-12-10-8-6-4-2/h20,22,29,31,37,39,42-43,46H,3-19,21,23-28,30,32-36,38,40-41H2,1-2H3,(H,45,47)(H,48,49,50)/b22-20-,31-29+,39-37+. The molecule has 0 saturated heterocycles. The van der Waals surface area contributed by atoms with Gasteiger partial charge in [0.2, 0.25) is 5.91 Å². The van der Waals surface area contributed by atoms with Crippen molar-refractivity contribution in [2.75, 3.05) is 5.75 Å². The summed E-state index contributed by atoms with van der Waals surface area (Å²) in [5, 5.41) is 13.2. The topological polar surface area (TPSA) is 104 Å². The number of nitrogens with one attached hydrogen (secondary N) is 1. The van der Waals surface area contributed by atoms with Crippen molar-refractivity contribution in [2.24, 2.45) is 0 Å². The van der Waals surface area contributed by atoms with Crippen LogP contribution in [0.5, 0.6) is 0 Å². The minimum absolute atomic E-state index is 0.284. The summed E-state index contributed by atoms with van der Waals surface area (Å²) in [4.78, 5) is 12.5. The molecule has 0 fully saturated rings. The Bertz CT molecular complexity index is 945. The maximum Gasteiger partial charge on any atom is 0.267 e. The fourth-order valence-electron chi connectivity index (χ4n) is 6.52. The van der Waals surface area contributed by atoms with E-state index in [1.807, 2.05) is 6.08 Å². The molecule has 0 bridgehead atoms. The van der Waals surface area contributed by atoms with Gasteiger partial charge in [0.05, 0.1) is 17.9 Å². The van der Waals surface area contributed by atoms with Gasteiger partial charge in [-0.05, 0) is 57.8 Å². The molecule has 0 aromatic heterocycles. The maximum atomic E-state index is 12.5. The van der Waals surface area contributed by atoms with E-state index in [1.165, 1.54) is 160 Å². The van der Waals surface area contributed by atoms with E-state index in [-0.39, 0.29) is 12.3 Å². The number of hydrogen-bond donors (Lipinski definition) is 3. The molecule has 0 aromatic carbocycles. The molecule has 0 rings (SSSR count). The molecule has 0 spiro atoms. The first-order valence-corrected chi connectivity index (χ1v) is 23.3. The lowest BCUT2D eigenvalue weighted by molar-refractivity contribution is -0.122. The Morgan fingerprint density at radius 2 is 0.843 bits per heavy atom. The lowest BCUT2D eigenvalue weighted by Crippen LogP contribution is -2.46. The van der Waals surface area contributed by atoms with Crippen molar-refractivity contribution in [2.45, 2.75) is 231 Å². The lowest BCUT2D eigenvalue weighted by Gasteiger charge is -2.21. The minimum atomic E-state index is -4.35. The van der Waals surface area contributed by atoms with Crippen LogP contribution in [0.4, 0.5) is 0 Å². The first-order chi connectivity index (χ1) is 24.8. The van der Waals surface area contributed by atoms with Crippen LogP contribution < -0.4 is 5.32 Å². The summed E-state index contributed by atoms with van der Waals surface area (Å²) in [6, 6.07) is -1.07. The molecular formula is C44H83NO5S. The Labute approximate surface area is 316 Å². The van der Waals surface area contributed by atoms with Gasteiger partial charge in [-0.15, -0.1) is 0 Å².